The first-order chi connectivity index (χ1) is 8.74. The highest BCUT2D eigenvalue weighted by molar-refractivity contribution is 5.32. The molecule has 1 heterocycles. The lowest BCUT2D eigenvalue weighted by Gasteiger charge is -2.16. The summed E-state index contributed by atoms with van der Waals surface area (Å²) in [5, 5.41) is 7.61. The molecule has 0 saturated heterocycles. The molecule has 0 aliphatic carbocycles. The van der Waals surface area contributed by atoms with Gasteiger partial charge >= 0.3 is 0 Å². The first-order valence-corrected chi connectivity index (χ1v) is 6.49. The van der Waals surface area contributed by atoms with E-state index < -0.39 is 0 Å². The van der Waals surface area contributed by atoms with Crippen molar-refractivity contribution in [3.63, 3.8) is 0 Å². The van der Waals surface area contributed by atoms with Crippen molar-refractivity contribution in [3.8, 4) is 0 Å². The number of nitrogens with zero attached hydrogens (tertiary/aromatic N) is 2. The summed E-state index contributed by atoms with van der Waals surface area (Å²) in [6, 6.07) is 9.02. The Morgan fingerprint density at radius 1 is 1.33 bits per heavy atom. The number of hydrogen-bond acceptors (Lipinski definition) is 2. The van der Waals surface area contributed by atoms with Crippen molar-refractivity contribution < 1.29 is 0 Å². The predicted octanol–water partition coefficient (Wildman–Crippen LogP) is 2.68. The molecular weight excluding hydrogens is 222 g/mol. The normalized spacial score (nSPS) is 12.6. The summed E-state index contributed by atoms with van der Waals surface area (Å²) in [4.78, 5) is 0. The Morgan fingerprint density at radius 3 is 2.78 bits per heavy atom. The third-order valence-corrected chi connectivity index (χ3v) is 3.17. The lowest BCUT2D eigenvalue weighted by Crippen LogP contribution is -2.17. The number of rotatable bonds is 5. The number of hydrogen-bond donors (Lipinski definition) is 1. The Kier molecular flexibility index (Phi) is 4.15. The van der Waals surface area contributed by atoms with Crippen LogP contribution < -0.4 is 5.32 Å². The summed E-state index contributed by atoms with van der Waals surface area (Å²) in [6.07, 6.45) is 6.30. The highest BCUT2D eigenvalue weighted by atomic mass is 15.2. The summed E-state index contributed by atoms with van der Waals surface area (Å²) in [5.74, 6) is 0. The van der Waals surface area contributed by atoms with Crippen LogP contribution in [0.2, 0.25) is 0 Å². The van der Waals surface area contributed by atoms with Crippen LogP contribution in [0.4, 0.5) is 0 Å². The molecule has 0 fully saturated rings. The van der Waals surface area contributed by atoms with E-state index in [4.69, 9.17) is 0 Å². The zero-order valence-electron chi connectivity index (χ0n) is 11.4. The second-order valence-corrected chi connectivity index (χ2v) is 4.66. The van der Waals surface area contributed by atoms with Crippen molar-refractivity contribution in [3.05, 3.63) is 53.3 Å². The molecule has 96 valence electrons. The van der Waals surface area contributed by atoms with Crippen LogP contribution in [0.25, 0.3) is 0 Å². The standard InChI is InChI=1S/C15H21N3/c1-4-6-12-7-5-8-13(9-12)15(16-2)14-10-17-18(3)11-14/h5,7-11,15-16H,4,6H2,1-3H3. The van der Waals surface area contributed by atoms with Crippen LogP contribution in [0.5, 0.6) is 0 Å². The first-order valence-electron chi connectivity index (χ1n) is 6.49. The molecule has 2 rings (SSSR count). The molecule has 3 heteroatoms. The Morgan fingerprint density at radius 2 is 2.17 bits per heavy atom. The maximum Gasteiger partial charge on any atom is 0.0605 e. The monoisotopic (exact) mass is 243 g/mol. The molecule has 1 N–H and O–H groups in total. The zero-order valence-corrected chi connectivity index (χ0v) is 11.4. The van der Waals surface area contributed by atoms with Gasteiger partial charge in [0.05, 0.1) is 12.2 Å². The van der Waals surface area contributed by atoms with Crippen molar-refractivity contribution in [2.45, 2.75) is 25.8 Å². The smallest absolute Gasteiger partial charge is 0.0605 e. The van der Waals surface area contributed by atoms with E-state index in [1.165, 1.54) is 23.1 Å². The second kappa shape index (κ2) is 5.83. The lowest BCUT2D eigenvalue weighted by molar-refractivity contribution is 0.688. The van der Waals surface area contributed by atoms with E-state index in [2.05, 4.69) is 47.8 Å². The fraction of sp³-hybridized carbons (Fsp3) is 0.400. The molecule has 1 aromatic carbocycles. The highest BCUT2D eigenvalue weighted by Gasteiger charge is 2.13. The van der Waals surface area contributed by atoms with Crippen LogP contribution in [0.3, 0.4) is 0 Å². The van der Waals surface area contributed by atoms with Gasteiger partial charge in [-0.3, -0.25) is 4.68 Å². The predicted molar refractivity (Wildman–Crippen MR) is 74.5 cm³/mol. The Bertz CT molecular complexity index is 502. The summed E-state index contributed by atoms with van der Waals surface area (Å²) in [6.45, 7) is 2.21. The third kappa shape index (κ3) is 2.79. The van der Waals surface area contributed by atoms with Crippen LogP contribution in [-0.2, 0) is 13.5 Å². The van der Waals surface area contributed by atoms with Gasteiger partial charge < -0.3 is 5.32 Å². The second-order valence-electron chi connectivity index (χ2n) is 4.66. The minimum absolute atomic E-state index is 0.218. The quantitative estimate of drug-likeness (QED) is 0.875. The summed E-state index contributed by atoms with van der Waals surface area (Å²) >= 11 is 0. The maximum atomic E-state index is 4.25. The van der Waals surface area contributed by atoms with Crippen LogP contribution in [-0.4, -0.2) is 16.8 Å². The van der Waals surface area contributed by atoms with Gasteiger partial charge in [0.25, 0.3) is 0 Å². The molecule has 2 aromatic rings. The summed E-state index contributed by atoms with van der Waals surface area (Å²) in [7, 11) is 3.94. The molecule has 1 unspecified atom stereocenters. The van der Waals surface area contributed by atoms with E-state index in [1.54, 1.807) is 0 Å². The largest absolute Gasteiger partial charge is 0.309 e. The van der Waals surface area contributed by atoms with Gasteiger partial charge in [0, 0.05) is 18.8 Å². The Hall–Kier alpha value is -1.61. The third-order valence-electron chi connectivity index (χ3n) is 3.17. The molecular formula is C15H21N3. The van der Waals surface area contributed by atoms with Crippen LogP contribution >= 0.6 is 0 Å². The molecule has 0 saturated carbocycles. The van der Waals surface area contributed by atoms with Gasteiger partial charge in [-0.15, -0.1) is 0 Å². The minimum Gasteiger partial charge on any atom is -0.309 e. The van der Waals surface area contributed by atoms with Gasteiger partial charge in [0.1, 0.15) is 0 Å². The average molecular weight is 243 g/mol. The van der Waals surface area contributed by atoms with Crippen LogP contribution in [0, 0.1) is 0 Å². The van der Waals surface area contributed by atoms with Crippen molar-refractivity contribution >= 4 is 0 Å². The summed E-state index contributed by atoms with van der Waals surface area (Å²) in [5.41, 5.74) is 3.91. The van der Waals surface area contributed by atoms with Gasteiger partial charge in [0.2, 0.25) is 0 Å². The first kappa shape index (κ1) is 12.8. The van der Waals surface area contributed by atoms with Crippen molar-refractivity contribution in [2.75, 3.05) is 7.05 Å². The van der Waals surface area contributed by atoms with Gasteiger partial charge in [0.15, 0.2) is 0 Å². The maximum absolute atomic E-state index is 4.25. The minimum atomic E-state index is 0.218. The van der Waals surface area contributed by atoms with E-state index in [9.17, 15) is 0 Å². The topological polar surface area (TPSA) is 29.9 Å². The van der Waals surface area contributed by atoms with E-state index >= 15 is 0 Å². The number of aryl methyl sites for hydroxylation is 2. The fourth-order valence-corrected chi connectivity index (χ4v) is 2.33. The molecule has 1 atom stereocenters. The molecule has 0 radical (unpaired) electrons. The number of nitrogens with one attached hydrogen (secondary N) is 1. The van der Waals surface area contributed by atoms with Gasteiger partial charge in [-0.05, 0) is 24.6 Å². The number of aromatic nitrogens is 2. The van der Waals surface area contributed by atoms with Gasteiger partial charge in [-0.1, -0.05) is 37.6 Å². The van der Waals surface area contributed by atoms with Crippen molar-refractivity contribution in [1.29, 1.82) is 0 Å². The SMILES string of the molecule is CCCc1cccc(C(NC)c2cnn(C)c2)c1. The molecule has 0 aliphatic rings. The Labute approximate surface area is 109 Å². The van der Waals surface area contributed by atoms with Crippen molar-refractivity contribution in [2.24, 2.45) is 7.05 Å². The molecule has 0 bridgehead atoms. The molecule has 1 aromatic heterocycles. The lowest BCUT2D eigenvalue weighted by atomic mass is 9.98. The molecule has 18 heavy (non-hydrogen) atoms. The summed E-state index contributed by atoms with van der Waals surface area (Å²) < 4.78 is 1.84. The van der Waals surface area contributed by atoms with Crippen LogP contribution in [0.15, 0.2) is 36.7 Å². The van der Waals surface area contributed by atoms with E-state index in [1.807, 2.05) is 25.0 Å². The fourth-order valence-electron chi connectivity index (χ4n) is 2.33. The van der Waals surface area contributed by atoms with Gasteiger partial charge in [-0.25, -0.2) is 0 Å². The highest BCUT2D eigenvalue weighted by Crippen LogP contribution is 2.22. The van der Waals surface area contributed by atoms with E-state index in [0.717, 1.165) is 6.42 Å². The average Bonchev–Trinajstić information content (AvgIpc) is 2.78. The van der Waals surface area contributed by atoms with E-state index in [0.29, 0.717) is 0 Å². The van der Waals surface area contributed by atoms with Crippen molar-refractivity contribution in [1.82, 2.24) is 15.1 Å². The Balaban J connectivity index is 2.29. The van der Waals surface area contributed by atoms with Crippen LogP contribution in [0.1, 0.15) is 36.1 Å². The molecule has 0 spiro atoms. The molecule has 0 amide bonds. The molecule has 0 aliphatic heterocycles. The zero-order chi connectivity index (χ0) is 13.0. The number of benzene rings is 1. The van der Waals surface area contributed by atoms with Gasteiger partial charge in [-0.2, -0.15) is 5.10 Å². The molecule has 3 nitrogen and oxygen atoms in total. The van der Waals surface area contributed by atoms with E-state index in [-0.39, 0.29) is 6.04 Å².